The maximum absolute atomic E-state index is 12.6. The summed E-state index contributed by atoms with van der Waals surface area (Å²) < 4.78 is 5.57. The Bertz CT molecular complexity index is 736. The quantitative estimate of drug-likeness (QED) is 0.792. The Labute approximate surface area is 162 Å². The van der Waals surface area contributed by atoms with Gasteiger partial charge in [0, 0.05) is 12.1 Å². The van der Waals surface area contributed by atoms with Crippen molar-refractivity contribution in [2.75, 3.05) is 26.2 Å². The third-order valence-corrected chi connectivity index (χ3v) is 5.14. The third-order valence-electron chi connectivity index (χ3n) is 5.14. The second-order valence-corrected chi connectivity index (χ2v) is 7.19. The standard InChI is InChI=1S/C23H30N2O2/c1-3-27-21-12-10-19(11-13-21)22(25-14-5-4-6-15-25)17-24-23(26)20-9-7-8-18(2)16-20/h7-13,16,22H,3-6,14-15,17H2,1-2H3,(H,24,26). The molecule has 1 unspecified atom stereocenters. The lowest BCUT2D eigenvalue weighted by molar-refractivity contribution is 0.0924. The third kappa shape index (κ3) is 5.33. The van der Waals surface area contributed by atoms with Gasteiger partial charge in [0.05, 0.1) is 12.6 Å². The van der Waals surface area contributed by atoms with E-state index in [0.29, 0.717) is 13.2 Å². The van der Waals surface area contributed by atoms with Crippen LogP contribution in [0.25, 0.3) is 0 Å². The summed E-state index contributed by atoms with van der Waals surface area (Å²) >= 11 is 0. The minimum absolute atomic E-state index is 0.00774. The van der Waals surface area contributed by atoms with Gasteiger partial charge in [0.15, 0.2) is 0 Å². The number of hydrogen-bond donors (Lipinski definition) is 1. The van der Waals surface area contributed by atoms with Crippen LogP contribution in [0, 0.1) is 6.92 Å². The molecule has 1 fully saturated rings. The molecular weight excluding hydrogens is 336 g/mol. The highest BCUT2D eigenvalue weighted by Crippen LogP contribution is 2.26. The van der Waals surface area contributed by atoms with Crippen LogP contribution < -0.4 is 10.1 Å². The number of likely N-dealkylation sites (tertiary alicyclic amines) is 1. The number of rotatable bonds is 7. The lowest BCUT2D eigenvalue weighted by Gasteiger charge is -2.35. The second kappa shape index (κ2) is 9.56. The van der Waals surface area contributed by atoms with Crippen LogP contribution >= 0.6 is 0 Å². The van der Waals surface area contributed by atoms with E-state index in [9.17, 15) is 4.79 Å². The van der Waals surface area contributed by atoms with Crippen LogP contribution in [-0.4, -0.2) is 37.0 Å². The predicted octanol–water partition coefficient (Wildman–Crippen LogP) is 4.35. The average molecular weight is 367 g/mol. The smallest absolute Gasteiger partial charge is 0.251 e. The Balaban J connectivity index is 1.72. The molecule has 1 saturated heterocycles. The van der Waals surface area contributed by atoms with Crippen LogP contribution in [0.3, 0.4) is 0 Å². The highest BCUT2D eigenvalue weighted by atomic mass is 16.5. The fourth-order valence-electron chi connectivity index (χ4n) is 3.72. The van der Waals surface area contributed by atoms with Crippen LogP contribution in [0.5, 0.6) is 5.75 Å². The number of nitrogens with one attached hydrogen (secondary N) is 1. The number of nitrogens with zero attached hydrogens (tertiary/aromatic N) is 1. The molecular formula is C23H30N2O2. The first-order valence-electron chi connectivity index (χ1n) is 9.99. The van der Waals surface area contributed by atoms with Crippen molar-refractivity contribution in [2.45, 2.75) is 39.2 Å². The van der Waals surface area contributed by atoms with Gasteiger partial charge in [0.1, 0.15) is 5.75 Å². The summed E-state index contributed by atoms with van der Waals surface area (Å²) in [5, 5.41) is 3.15. The maximum atomic E-state index is 12.6. The van der Waals surface area contributed by atoms with Gasteiger partial charge in [-0.05, 0) is 69.6 Å². The molecule has 3 rings (SSSR count). The fourth-order valence-corrected chi connectivity index (χ4v) is 3.72. The Morgan fingerprint density at radius 1 is 1.11 bits per heavy atom. The second-order valence-electron chi connectivity index (χ2n) is 7.19. The largest absolute Gasteiger partial charge is 0.494 e. The van der Waals surface area contributed by atoms with Crippen molar-refractivity contribution in [3.05, 3.63) is 65.2 Å². The van der Waals surface area contributed by atoms with E-state index < -0.39 is 0 Å². The summed E-state index contributed by atoms with van der Waals surface area (Å²) in [5.74, 6) is 0.883. The molecule has 1 aliphatic heterocycles. The Kier molecular flexibility index (Phi) is 6.88. The lowest BCUT2D eigenvalue weighted by Crippen LogP contribution is -2.40. The van der Waals surface area contributed by atoms with Gasteiger partial charge in [0.25, 0.3) is 5.91 Å². The number of carbonyl (C=O) groups excluding carboxylic acids is 1. The van der Waals surface area contributed by atoms with Gasteiger partial charge < -0.3 is 10.1 Å². The summed E-state index contributed by atoms with van der Waals surface area (Å²) in [6.45, 7) is 7.44. The van der Waals surface area contributed by atoms with E-state index in [-0.39, 0.29) is 11.9 Å². The van der Waals surface area contributed by atoms with Gasteiger partial charge in [-0.25, -0.2) is 0 Å². The van der Waals surface area contributed by atoms with Gasteiger partial charge in [-0.1, -0.05) is 36.2 Å². The molecule has 1 amide bonds. The Hall–Kier alpha value is -2.33. The van der Waals surface area contributed by atoms with Crippen LogP contribution in [0.2, 0.25) is 0 Å². The van der Waals surface area contributed by atoms with E-state index in [1.165, 1.54) is 24.8 Å². The van der Waals surface area contributed by atoms with Gasteiger partial charge in [-0.2, -0.15) is 0 Å². The first kappa shape index (κ1) is 19.4. The molecule has 0 saturated carbocycles. The number of aryl methyl sites for hydroxylation is 1. The van der Waals surface area contributed by atoms with Crippen LogP contribution in [0.15, 0.2) is 48.5 Å². The Morgan fingerprint density at radius 3 is 2.52 bits per heavy atom. The minimum Gasteiger partial charge on any atom is -0.494 e. The van der Waals surface area contributed by atoms with Gasteiger partial charge in [-0.3, -0.25) is 9.69 Å². The molecule has 1 aliphatic rings. The number of carbonyl (C=O) groups is 1. The molecule has 2 aromatic rings. The molecule has 0 spiro atoms. The monoisotopic (exact) mass is 366 g/mol. The molecule has 4 nitrogen and oxygen atoms in total. The highest BCUT2D eigenvalue weighted by molar-refractivity contribution is 5.94. The number of amides is 1. The van der Waals surface area contributed by atoms with Crippen molar-refractivity contribution < 1.29 is 9.53 Å². The van der Waals surface area contributed by atoms with Crippen molar-refractivity contribution in [3.8, 4) is 5.75 Å². The van der Waals surface area contributed by atoms with Crippen LogP contribution in [0.1, 0.15) is 53.7 Å². The van der Waals surface area contributed by atoms with Crippen molar-refractivity contribution in [1.82, 2.24) is 10.2 Å². The molecule has 4 heteroatoms. The summed E-state index contributed by atoms with van der Waals surface area (Å²) in [4.78, 5) is 15.1. The molecule has 144 valence electrons. The number of ether oxygens (including phenoxy) is 1. The topological polar surface area (TPSA) is 41.6 Å². The first-order valence-corrected chi connectivity index (χ1v) is 9.99. The minimum atomic E-state index is -0.00774. The molecule has 0 bridgehead atoms. The van der Waals surface area contributed by atoms with Crippen molar-refractivity contribution in [1.29, 1.82) is 0 Å². The van der Waals surface area contributed by atoms with Crippen molar-refractivity contribution in [3.63, 3.8) is 0 Å². The van der Waals surface area contributed by atoms with E-state index in [1.54, 1.807) is 0 Å². The maximum Gasteiger partial charge on any atom is 0.251 e. The molecule has 1 heterocycles. The van der Waals surface area contributed by atoms with E-state index in [4.69, 9.17) is 4.74 Å². The zero-order valence-corrected chi connectivity index (χ0v) is 16.4. The summed E-state index contributed by atoms with van der Waals surface area (Å²) in [7, 11) is 0. The zero-order valence-electron chi connectivity index (χ0n) is 16.4. The average Bonchev–Trinajstić information content (AvgIpc) is 2.70. The molecule has 2 aromatic carbocycles. The molecule has 0 aromatic heterocycles. The predicted molar refractivity (Wildman–Crippen MR) is 109 cm³/mol. The number of hydrogen-bond acceptors (Lipinski definition) is 3. The Morgan fingerprint density at radius 2 is 1.85 bits per heavy atom. The number of benzene rings is 2. The van der Waals surface area contributed by atoms with Gasteiger partial charge in [-0.15, -0.1) is 0 Å². The van der Waals surface area contributed by atoms with E-state index >= 15 is 0 Å². The van der Waals surface area contributed by atoms with E-state index in [2.05, 4.69) is 22.3 Å². The molecule has 1 atom stereocenters. The van der Waals surface area contributed by atoms with Gasteiger partial charge >= 0.3 is 0 Å². The van der Waals surface area contributed by atoms with Crippen LogP contribution in [-0.2, 0) is 0 Å². The molecule has 0 aliphatic carbocycles. The summed E-state index contributed by atoms with van der Waals surface area (Å²) in [6.07, 6.45) is 3.74. The SMILES string of the molecule is CCOc1ccc(C(CNC(=O)c2cccc(C)c2)N2CCCCC2)cc1. The zero-order chi connectivity index (χ0) is 19.1. The summed E-state index contributed by atoms with van der Waals surface area (Å²) in [5.41, 5.74) is 3.05. The molecule has 0 radical (unpaired) electrons. The fraction of sp³-hybridized carbons (Fsp3) is 0.435. The number of piperidine rings is 1. The van der Waals surface area contributed by atoms with E-state index in [0.717, 1.165) is 30.0 Å². The van der Waals surface area contributed by atoms with E-state index in [1.807, 2.05) is 50.2 Å². The molecule has 1 N–H and O–H groups in total. The first-order chi connectivity index (χ1) is 13.2. The van der Waals surface area contributed by atoms with Gasteiger partial charge in [0.2, 0.25) is 0 Å². The van der Waals surface area contributed by atoms with Crippen molar-refractivity contribution in [2.24, 2.45) is 0 Å². The lowest BCUT2D eigenvalue weighted by atomic mass is 10.0. The molecule has 27 heavy (non-hydrogen) atoms. The highest BCUT2D eigenvalue weighted by Gasteiger charge is 2.23. The van der Waals surface area contributed by atoms with Crippen molar-refractivity contribution >= 4 is 5.91 Å². The van der Waals surface area contributed by atoms with Crippen LogP contribution in [0.4, 0.5) is 0 Å². The normalized spacial score (nSPS) is 15.9. The summed E-state index contributed by atoms with van der Waals surface area (Å²) in [6, 6.07) is 16.2.